The molecular weight excluding hydrogens is 294 g/mol. The second-order valence-corrected chi connectivity index (χ2v) is 5.95. The van der Waals surface area contributed by atoms with Crippen LogP contribution in [0.2, 0.25) is 0 Å². The highest BCUT2D eigenvalue weighted by Crippen LogP contribution is 2.08. The van der Waals surface area contributed by atoms with E-state index in [4.69, 9.17) is 5.11 Å². The van der Waals surface area contributed by atoms with Gasteiger partial charge in [-0.15, -0.1) is 12.6 Å². The van der Waals surface area contributed by atoms with Crippen LogP contribution in [0.5, 0.6) is 0 Å². The molecule has 1 aromatic carbocycles. The summed E-state index contributed by atoms with van der Waals surface area (Å²) in [5.74, 6) is -0.909. The first-order valence-corrected chi connectivity index (χ1v) is 8.73. The fraction of sp³-hybridized carbons (Fsp3) is 0.611. The lowest BCUT2D eigenvalue weighted by atomic mass is 10.1. The van der Waals surface area contributed by atoms with Crippen molar-refractivity contribution in [3.8, 4) is 0 Å². The highest BCUT2D eigenvalue weighted by atomic mass is 32.1. The molecule has 0 amide bonds. The molecule has 1 rings (SSSR count). The predicted molar refractivity (Wildman–Crippen MR) is 97.2 cm³/mol. The van der Waals surface area contributed by atoms with Crippen LogP contribution < -0.4 is 5.32 Å². The number of carboxylic acids is 1. The zero-order valence-corrected chi connectivity index (χ0v) is 14.9. The minimum atomic E-state index is -0.909. The van der Waals surface area contributed by atoms with Gasteiger partial charge in [0.1, 0.15) is 0 Å². The number of hydrogen-bond acceptors (Lipinski definition) is 3. The maximum absolute atomic E-state index is 10.3. The lowest BCUT2D eigenvalue weighted by Gasteiger charge is -2.00. The Kier molecular flexibility index (Phi) is 14.2. The van der Waals surface area contributed by atoms with Crippen LogP contribution in [0.25, 0.3) is 0 Å². The Bertz CT molecular complexity index is 369. The maximum atomic E-state index is 10.3. The van der Waals surface area contributed by atoms with Crippen LogP contribution in [0.3, 0.4) is 0 Å². The average Bonchev–Trinajstić information content (AvgIpc) is 2.51. The number of carboxylic acid groups (broad SMARTS) is 1. The van der Waals surface area contributed by atoms with Crippen LogP contribution >= 0.6 is 12.6 Å². The van der Waals surface area contributed by atoms with Gasteiger partial charge in [-0.2, -0.15) is 0 Å². The first kappa shape index (κ1) is 21.0. The molecule has 0 radical (unpaired) electrons. The van der Waals surface area contributed by atoms with Crippen molar-refractivity contribution in [3.63, 3.8) is 0 Å². The first-order chi connectivity index (χ1) is 10.6. The van der Waals surface area contributed by atoms with Gasteiger partial charge in [0.25, 0.3) is 0 Å². The molecule has 0 atom stereocenters. The van der Waals surface area contributed by atoms with Gasteiger partial charge >= 0.3 is 5.97 Å². The summed E-state index contributed by atoms with van der Waals surface area (Å²) in [7, 11) is 2.03. The average molecular weight is 326 g/mol. The van der Waals surface area contributed by atoms with E-state index < -0.39 is 5.97 Å². The molecule has 0 bridgehead atoms. The molecule has 0 aliphatic carbocycles. The van der Waals surface area contributed by atoms with E-state index in [1.54, 1.807) is 12.1 Å². The standard InChI is InChI=1S/C11H25N.C7H6O2S/c1-3-4-5-6-7-8-9-10-11-12-2;8-7(9)5-1-3-6(10)4-2-5/h12H,3-11H2,1-2H3;1-4,10H,(H,8,9). The Morgan fingerprint density at radius 2 is 1.50 bits per heavy atom. The van der Waals surface area contributed by atoms with Crippen molar-refractivity contribution in [2.75, 3.05) is 13.6 Å². The predicted octanol–water partition coefficient (Wildman–Crippen LogP) is 5.02. The Hall–Kier alpha value is -1.00. The van der Waals surface area contributed by atoms with Crippen LogP contribution in [0, 0.1) is 0 Å². The fourth-order valence-electron chi connectivity index (χ4n) is 2.04. The molecule has 0 aliphatic heterocycles. The second-order valence-electron chi connectivity index (χ2n) is 5.43. The number of unbranched alkanes of at least 4 members (excludes halogenated alkanes) is 7. The van der Waals surface area contributed by atoms with E-state index in [-0.39, 0.29) is 5.56 Å². The van der Waals surface area contributed by atoms with Crippen LogP contribution in [-0.4, -0.2) is 24.7 Å². The third-order valence-corrected chi connectivity index (χ3v) is 3.69. The molecule has 3 nitrogen and oxygen atoms in total. The summed E-state index contributed by atoms with van der Waals surface area (Å²) in [5.41, 5.74) is 0.290. The second kappa shape index (κ2) is 14.9. The molecule has 0 fully saturated rings. The number of thiol groups is 1. The minimum Gasteiger partial charge on any atom is -0.478 e. The molecule has 126 valence electrons. The summed E-state index contributed by atoms with van der Waals surface area (Å²) >= 11 is 4.01. The van der Waals surface area contributed by atoms with Gasteiger partial charge in [0, 0.05) is 4.90 Å². The van der Waals surface area contributed by atoms with Crippen molar-refractivity contribution in [3.05, 3.63) is 29.8 Å². The number of rotatable bonds is 10. The van der Waals surface area contributed by atoms with Gasteiger partial charge in [0.05, 0.1) is 5.56 Å². The van der Waals surface area contributed by atoms with Crippen molar-refractivity contribution >= 4 is 18.6 Å². The van der Waals surface area contributed by atoms with Crippen LogP contribution in [-0.2, 0) is 0 Å². The lowest BCUT2D eigenvalue weighted by Crippen LogP contribution is -2.06. The topological polar surface area (TPSA) is 49.3 Å². The molecule has 0 aromatic heterocycles. The van der Waals surface area contributed by atoms with Crippen molar-refractivity contribution < 1.29 is 9.90 Å². The van der Waals surface area contributed by atoms with Gasteiger partial charge in [-0.25, -0.2) is 4.79 Å². The van der Waals surface area contributed by atoms with Gasteiger partial charge in [-0.05, 0) is 44.3 Å². The lowest BCUT2D eigenvalue weighted by molar-refractivity contribution is 0.0697. The molecular formula is C18H31NO2S. The molecule has 2 N–H and O–H groups in total. The Labute approximate surface area is 140 Å². The number of benzene rings is 1. The van der Waals surface area contributed by atoms with Crippen molar-refractivity contribution in [2.24, 2.45) is 0 Å². The monoisotopic (exact) mass is 325 g/mol. The normalized spacial score (nSPS) is 9.95. The van der Waals surface area contributed by atoms with Gasteiger partial charge < -0.3 is 10.4 Å². The quantitative estimate of drug-likeness (QED) is 0.418. The number of aromatic carboxylic acids is 1. The van der Waals surface area contributed by atoms with Gasteiger partial charge in [0.2, 0.25) is 0 Å². The molecule has 0 saturated carbocycles. The number of carbonyl (C=O) groups is 1. The fourth-order valence-corrected chi connectivity index (χ4v) is 2.19. The van der Waals surface area contributed by atoms with E-state index in [1.165, 1.54) is 70.0 Å². The highest BCUT2D eigenvalue weighted by Gasteiger charge is 1.98. The van der Waals surface area contributed by atoms with Gasteiger partial charge in [0.15, 0.2) is 0 Å². The zero-order valence-electron chi connectivity index (χ0n) is 14.0. The summed E-state index contributed by atoms with van der Waals surface area (Å²) in [6.07, 6.45) is 11.3. The zero-order chi connectivity index (χ0) is 16.6. The van der Waals surface area contributed by atoms with E-state index in [0.29, 0.717) is 0 Å². The van der Waals surface area contributed by atoms with Gasteiger partial charge in [-0.1, -0.05) is 51.9 Å². The SMILES string of the molecule is CCCCCCCCCCNC.O=C(O)c1ccc(S)cc1. The van der Waals surface area contributed by atoms with Crippen LogP contribution in [0.15, 0.2) is 29.2 Å². The van der Waals surface area contributed by atoms with E-state index in [0.717, 1.165) is 4.90 Å². The number of hydrogen-bond donors (Lipinski definition) is 3. The summed E-state index contributed by atoms with van der Waals surface area (Å²) < 4.78 is 0. The summed E-state index contributed by atoms with van der Waals surface area (Å²) in [6.45, 7) is 3.46. The molecule has 0 saturated heterocycles. The Balaban J connectivity index is 0.000000406. The molecule has 0 heterocycles. The van der Waals surface area contributed by atoms with Gasteiger partial charge in [-0.3, -0.25) is 0 Å². The largest absolute Gasteiger partial charge is 0.478 e. The van der Waals surface area contributed by atoms with Crippen molar-refractivity contribution in [1.29, 1.82) is 0 Å². The van der Waals surface area contributed by atoms with Crippen molar-refractivity contribution in [2.45, 2.75) is 63.2 Å². The van der Waals surface area contributed by atoms with E-state index in [9.17, 15) is 4.79 Å². The molecule has 4 heteroatoms. The Morgan fingerprint density at radius 1 is 1.00 bits per heavy atom. The minimum absolute atomic E-state index is 0.290. The molecule has 0 unspecified atom stereocenters. The Morgan fingerprint density at radius 3 is 1.95 bits per heavy atom. The molecule has 0 spiro atoms. The smallest absolute Gasteiger partial charge is 0.335 e. The summed E-state index contributed by atoms with van der Waals surface area (Å²) in [6, 6.07) is 6.33. The summed E-state index contributed by atoms with van der Waals surface area (Å²) in [4.78, 5) is 11.1. The van der Waals surface area contributed by atoms with Crippen LogP contribution in [0.4, 0.5) is 0 Å². The van der Waals surface area contributed by atoms with E-state index >= 15 is 0 Å². The molecule has 1 aromatic rings. The first-order valence-electron chi connectivity index (χ1n) is 8.28. The van der Waals surface area contributed by atoms with E-state index in [1.807, 2.05) is 7.05 Å². The summed E-state index contributed by atoms with van der Waals surface area (Å²) in [5, 5.41) is 11.6. The third-order valence-electron chi connectivity index (χ3n) is 3.39. The van der Waals surface area contributed by atoms with Crippen LogP contribution in [0.1, 0.15) is 68.6 Å². The molecule has 0 aliphatic rings. The van der Waals surface area contributed by atoms with Crippen molar-refractivity contribution in [1.82, 2.24) is 5.32 Å². The highest BCUT2D eigenvalue weighted by molar-refractivity contribution is 7.80. The molecule has 22 heavy (non-hydrogen) atoms. The maximum Gasteiger partial charge on any atom is 0.335 e. The van der Waals surface area contributed by atoms with E-state index in [2.05, 4.69) is 24.9 Å². The third kappa shape index (κ3) is 12.7. The number of nitrogens with one attached hydrogen (secondary N) is 1.